The lowest BCUT2D eigenvalue weighted by atomic mass is 10.1. The zero-order valence-corrected chi connectivity index (χ0v) is 15.3. The number of rotatable bonds is 3. The molecular weight excluding hydrogens is 358 g/mol. The van der Waals surface area contributed by atoms with Crippen LogP contribution in [0, 0.1) is 0 Å². The molecule has 2 N–H and O–H groups in total. The smallest absolute Gasteiger partial charge is 0.254 e. The fourth-order valence-electron chi connectivity index (χ4n) is 3.50. The van der Waals surface area contributed by atoms with Crippen LogP contribution in [0.5, 0.6) is 0 Å². The summed E-state index contributed by atoms with van der Waals surface area (Å²) >= 11 is 0. The second-order valence-corrected chi connectivity index (χ2v) is 6.87. The Morgan fingerprint density at radius 3 is 2.64 bits per heavy atom. The minimum Gasteiger partial charge on any atom is -0.370 e. The molecule has 144 valence electrons. The third kappa shape index (κ3) is 3.75. The molecule has 28 heavy (non-hydrogen) atoms. The minimum absolute atomic E-state index is 0.0902. The number of fused-ring (bicyclic) bond motifs is 1. The van der Waals surface area contributed by atoms with Gasteiger partial charge in [-0.25, -0.2) is 0 Å². The van der Waals surface area contributed by atoms with E-state index in [4.69, 9.17) is 4.74 Å². The van der Waals surface area contributed by atoms with E-state index in [0.29, 0.717) is 30.9 Å². The van der Waals surface area contributed by atoms with E-state index < -0.39 is 6.04 Å². The standard InChI is InChI=1S/C21H21N3O4/c25-19(24-10-11-28-18(13-24)14-6-2-1-3-7-14)12-17-21(27)22-16-9-5-4-8-15(16)20(26)23-17/h1-9,17-18H,10-13H2,(H,22,27)(H,23,26)/t17-,18?/m1/s1. The molecule has 4 rings (SSSR count). The van der Waals surface area contributed by atoms with Gasteiger partial charge in [-0.3, -0.25) is 14.4 Å². The van der Waals surface area contributed by atoms with E-state index >= 15 is 0 Å². The molecule has 0 spiro atoms. The first-order chi connectivity index (χ1) is 13.6. The maximum absolute atomic E-state index is 12.8. The summed E-state index contributed by atoms with van der Waals surface area (Å²) < 4.78 is 5.79. The molecule has 2 aliphatic rings. The highest BCUT2D eigenvalue weighted by Crippen LogP contribution is 2.23. The molecule has 3 amide bonds. The van der Waals surface area contributed by atoms with Crippen molar-refractivity contribution < 1.29 is 19.1 Å². The van der Waals surface area contributed by atoms with Crippen molar-refractivity contribution in [3.63, 3.8) is 0 Å². The van der Waals surface area contributed by atoms with E-state index in [1.807, 2.05) is 30.3 Å². The first-order valence-corrected chi connectivity index (χ1v) is 9.27. The van der Waals surface area contributed by atoms with Crippen molar-refractivity contribution in [3.8, 4) is 0 Å². The van der Waals surface area contributed by atoms with Gasteiger partial charge in [-0.15, -0.1) is 0 Å². The molecule has 0 radical (unpaired) electrons. The maximum Gasteiger partial charge on any atom is 0.254 e. The molecule has 1 unspecified atom stereocenters. The van der Waals surface area contributed by atoms with Crippen molar-refractivity contribution in [2.45, 2.75) is 18.6 Å². The Balaban J connectivity index is 1.43. The van der Waals surface area contributed by atoms with Crippen molar-refractivity contribution in [2.24, 2.45) is 0 Å². The van der Waals surface area contributed by atoms with Crippen molar-refractivity contribution in [3.05, 3.63) is 65.7 Å². The largest absolute Gasteiger partial charge is 0.370 e. The third-order valence-electron chi connectivity index (χ3n) is 5.02. The second-order valence-electron chi connectivity index (χ2n) is 6.87. The van der Waals surface area contributed by atoms with Gasteiger partial charge in [0.1, 0.15) is 12.1 Å². The topological polar surface area (TPSA) is 87.7 Å². The van der Waals surface area contributed by atoms with Gasteiger partial charge in [0.2, 0.25) is 11.8 Å². The van der Waals surface area contributed by atoms with Crippen LogP contribution in [-0.4, -0.2) is 48.4 Å². The molecule has 0 aliphatic carbocycles. The Bertz CT molecular complexity index is 900. The molecule has 2 aromatic rings. The predicted molar refractivity (Wildman–Crippen MR) is 103 cm³/mol. The van der Waals surface area contributed by atoms with Gasteiger partial charge in [-0.2, -0.15) is 0 Å². The molecule has 1 saturated heterocycles. The van der Waals surface area contributed by atoms with E-state index in [1.165, 1.54) is 0 Å². The van der Waals surface area contributed by atoms with Crippen LogP contribution in [-0.2, 0) is 14.3 Å². The normalized spacial score (nSPS) is 21.9. The van der Waals surface area contributed by atoms with Gasteiger partial charge in [0.15, 0.2) is 0 Å². The molecule has 2 atom stereocenters. The highest BCUT2D eigenvalue weighted by atomic mass is 16.5. The third-order valence-corrected chi connectivity index (χ3v) is 5.02. The number of nitrogens with one attached hydrogen (secondary N) is 2. The number of hydrogen-bond donors (Lipinski definition) is 2. The van der Waals surface area contributed by atoms with Crippen LogP contribution in [0.3, 0.4) is 0 Å². The van der Waals surface area contributed by atoms with E-state index in [0.717, 1.165) is 5.56 Å². The molecule has 7 heteroatoms. The lowest BCUT2D eigenvalue weighted by Crippen LogP contribution is -2.48. The lowest BCUT2D eigenvalue weighted by molar-refractivity contribution is -0.140. The first kappa shape index (κ1) is 18.2. The summed E-state index contributed by atoms with van der Waals surface area (Å²) in [5.41, 5.74) is 1.85. The average molecular weight is 379 g/mol. The number of carbonyl (C=O) groups excluding carboxylic acids is 3. The fraction of sp³-hybridized carbons (Fsp3) is 0.286. The monoisotopic (exact) mass is 379 g/mol. The second kappa shape index (κ2) is 7.82. The Labute approximate surface area is 162 Å². The van der Waals surface area contributed by atoms with Crippen LogP contribution in [0.25, 0.3) is 0 Å². The molecular formula is C21H21N3O4. The van der Waals surface area contributed by atoms with Gasteiger partial charge in [0.25, 0.3) is 5.91 Å². The van der Waals surface area contributed by atoms with E-state index in [2.05, 4.69) is 10.6 Å². The molecule has 2 heterocycles. The Morgan fingerprint density at radius 1 is 1.07 bits per heavy atom. The number of nitrogens with zero attached hydrogens (tertiary/aromatic N) is 1. The molecule has 0 bridgehead atoms. The highest BCUT2D eigenvalue weighted by molar-refractivity contribution is 6.10. The Hall–Kier alpha value is -3.19. The van der Waals surface area contributed by atoms with Crippen molar-refractivity contribution in [1.29, 1.82) is 0 Å². The van der Waals surface area contributed by atoms with E-state index in [-0.39, 0.29) is 30.2 Å². The summed E-state index contributed by atoms with van der Waals surface area (Å²) in [5, 5.41) is 5.40. The predicted octanol–water partition coefficient (Wildman–Crippen LogP) is 1.73. The molecule has 7 nitrogen and oxygen atoms in total. The zero-order chi connectivity index (χ0) is 19.5. The van der Waals surface area contributed by atoms with Crippen molar-refractivity contribution in [1.82, 2.24) is 10.2 Å². The number of ether oxygens (including phenoxy) is 1. The van der Waals surface area contributed by atoms with Crippen LogP contribution in [0.1, 0.15) is 28.4 Å². The van der Waals surface area contributed by atoms with Crippen LogP contribution in [0.15, 0.2) is 54.6 Å². The summed E-state index contributed by atoms with van der Waals surface area (Å²) in [5.74, 6) is -0.939. The van der Waals surface area contributed by atoms with Crippen LogP contribution in [0.2, 0.25) is 0 Å². The summed E-state index contributed by atoms with van der Waals surface area (Å²) in [6, 6.07) is 15.6. The quantitative estimate of drug-likeness (QED) is 0.850. The number of morpholine rings is 1. The average Bonchev–Trinajstić information content (AvgIpc) is 2.85. The van der Waals surface area contributed by atoms with Gasteiger partial charge in [-0.1, -0.05) is 42.5 Å². The number of benzene rings is 2. The van der Waals surface area contributed by atoms with Crippen LogP contribution in [0.4, 0.5) is 5.69 Å². The summed E-state index contributed by atoms with van der Waals surface area (Å²) in [6.45, 7) is 1.32. The van der Waals surface area contributed by atoms with Crippen LogP contribution >= 0.6 is 0 Å². The van der Waals surface area contributed by atoms with Gasteiger partial charge in [-0.05, 0) is 17.7 Å². The van der Waals surface area contributed by atoms with Gasteiger partial charge in [0.05, 0.1) is 30.8 Å². The SMILES string of the molecule is O=C1N[C@H](CC(=O)N2CCOC(c3ccccc3)C2)C(=O)Nc2ccccc21. The first-order valence-electron chi connectivity index (χ1n) is 9.27. The van der Waals surface area contributed by atoms with Crippen molar-refractivity contribution in [2.75, 3.05) is 25.0 Å². The Morgan fingerprint density at radius 2 is 1.82 bits per heavy atom. The minimum atomic E-state index is -0.912. The molecule has 2 aliphatic heterocycles. The number of hydrogen-bond acceptors (Lipinski definition) is 4. The maximum atomic E-state index is 12.8. The van der Waals surface area contributed by atoms with E-state index in [1.54, 1.807) is 29.2 Å². The number of para-hydroxylation sites is 1. The number of carbonyl (C=O) groups is 3. The van der Waals surface area contributed by atoms with Crippen LogP contribution < -0.4 is 10.6 Å². The highest BCUT2D eigenvalue weighted by Gasteiger charge is 2.32. The molecule has 1 fully saturated rings. The fourth-order valence-corrected chi connectivity index (χ4v) is 3.50. The summed E-state index contributed by atoms with van der Waals surface area (Å²) in [4.78, 5) is 39.4. The van der Waals surface area contributed by atoms with Gasteiger partial charge < -0.3 is 20.3 Å². The molecule has 0 saturated carbocycles. The van der Waals surface area contributed by atoms with Crippen molar-refractivity contribution >= 4 is 23.4 Å². The zero-order valence-electron chi connectivity index (χ0n) is 15.3. The number of amides is 3. The van der Waals surface area contributed by atoms with Gasteiger partial charge in [0, 0.05) is 6.54 Å². The lowest BCUT2D eigenvalue weighted by Gasteiger charge is -2.34. The Kier molecular flexibility index (Phi) is 5.08. The summed E-state index contributed by atoms with van der Waals surface area (Å²) in [7, 11) is 0. The van der Waals surface area contributed by atoms with E-state index in [9.17, 15) is 14.4 Å². The number of anilines is 1. The molecule has 2 aromatic carbocycles. The molecule has 0 aromatic heterocycles. The summed E-state index contributed by atoms with van der Waals surface area (Å²) in [6.07, 6.45) is -0.284. The van der Waals surface area contributed by atoms with Gasteiger partial charge >= 0.3 is 0 Å².